The molecule has 0 radical (unpaired) electrons. The van der Waals surface area contributed by atoms with Gasteiger partial charge in [-0.1, -0.05) is 237 Å². The second kappa shape index (κ2) is 55.6. The monoisotopic (exact) mass is 949 g/mol. The zero-order valence-corrected chi connectivity index (χ0v) is 43.8. The van der Waals surface area contributed by atoms with Gasteiger partial charge in [0.1, 0.15) is 13.2 Å². The maximum Gasteiger partial charge on any atom is 0.306 e. The second-order valence-electron chi connectivity index (χ2n) is 17.1. The fourth-order valence-corrected chi connectivity index (χ4v) is 6.65. The molecular formula is C63H96O6. The van der Waals surface area contributed by atoms with Crippen molar-refractivity contribution in [3.8, 4) is 0 Å². The number of esters is 3. The highest BCUT2D eigenvalue weighted by Crippen LogP contribution is 2.13. The van der Waals surface area contributed by atoms with Gasteiger partial charge in [-0.05, 0) is 103 Å². The largest absolute Gasteiger partial charge is 0.462 e. The van der Waals surface area contributed by atoms with Crippen molar-refractivity contribution in [2.45, 2.75) is 207 Å². The molecule has 0 aliphatic carbocycles. The topological polar surface area (TPSA) is 78.9 Å². The smallest absolute Gasteiger partial charge is 0.306 e. The fraction of sp³-hybridized carbons (Fsp3) is 0.540. The van der Waals surface area contributed by atoms with Crippen molar-refractivity contribution in [3.05, 3.63) is 158 Å². The van der Waals surface area contributed by atoms with Crippen LogP contribution < -0.4 is 0 Å². The zero-order chi connectivity index (χ0) is 50.0. The van der Waals surface area contributed by atoms with Crippen LogP contribution in [-0.4, -0.2) is 37.2 Å². The van der Waals surface area contributed by atoms with E-state index >= 15 is 0 Å². The van der Waals surface area contributed by atoms with Gasteiger partial charge in [-0.15, -0.1) is 0 Å². The van der Waals surface area contributed by atoms with Gasteiger partial charge in [-0.3, -0.25) is 14.4 Å². The molecule has 69 heavy (non-hydrogen) atoms. The highest BCUT2D eigenvalue weighted by Gasteiger charge is 2.19. The van der Waals surface area contributed by atoms with Gasteiger partial charge in [0.25, 0.3) is 0 Å². The molecule has 0 aromatic carbocycles. The first kappa shape index (κ1) is 64.0. The van der Waals surface area contributed by atoms with E-state index in [0.29, 0.717) is 12.8 Å². The lowest BCUT2D eigenvalue weighted by Crippen LogP contribution is -2.30. The van der Waals surface area contributed by atoms with Crippen LogP contribution in [0.1, 0.15) is 201 Å². The van der Waals surface area contributed by atoms with E-state index in [9.17, 15) is 14.4 Å². The van der Waals surface area contributed by atoms with Crippen LogP contribution in [0.5, 0.6) is 0 Å². The van der Waals surface area contributed by atoms with Crippen molar-refractivity contribution < 1.29 is 28.6 Å². The summed E-state index contributed by atoms with van der Waals surface area (Å²) in [6.07, 6.45) is 80.9. The van der Waals surface area contributed by atoms with Crippen LogP contribution in [-0.2, 0) is 28.6 Å². The molecule has 0 bridgehead atoms. The number of carbonyl (C=O) groups excluding carboxylic acids is 3. The van der Waals surface area contributed by atoms with Crippen LogP contribution >= 0.6 is 0 Å². The van der Waals surface area contributed by atoms with E-state index in [4.69, 9.17) is 14.2 Å². The second-order valence-corrected chi connectivity index (χ2v) is 17.1. The summed E-state index contributed by atoms with van der Waals surface area (Å²) in [7, 11) is 0. The molecule has 0 spiro atoms. The van der Waals surface area contributed by atoms with Gasteiger partial charge < -0.3 is 14.2 Å². The third-order valence-electron chi connectivity index (χ3n) is 10.6. The molecule has 0 amide bonds. The number of hydrogen-bond donors (Lipinski definition) is 0. The Morgan fingerprint density at radius 2 is 0.652 bits per heavy atom. The van der Waals surface area contributed by atoms with Crippen molar-refractivity contribution >= 4 is 17.9 Å². The van der Waals surface area contributed by atoms with Crippen LogP contribution in [0.15, 0.2) is 158 Å². The molecule has 0 heterocycles. The molecule has 1 unspecified atom stereocenters. The average molecular weight is 949 g/mol. The summed E-state index contributed by atoms with van der Waals surface area (Å²) in [6.45, 7) is 6.21. The number of unbranched alkanes of at least 4 members (excludes halogenated alkanes) is 13. The quantitative estimate of drug-likeness (QED) is 0.0199. The molecular weight excluding hydrogens is 853 g/mol. The Morgan fingerprint density at radius 1 is 0.319 bits per heavy atom. The third kappa shape index (κ3) is 53.8. The lowest BCUT2D eigenvalue weighted by Gasteiger charge is -2.18. The molecule has 1 atom stereocenters. The third-order valence-corrected chi connectivity index (χ3v) is 10.6. The Labute approximate surface area is 422 Å². The summed E-state index contributed by atoms with van der Waals surface area (Å²) in [5.74, 6) is -1.06. The highest BCUT2D eigenvalue weighted by molar-refractivity contribution is 5.71. The van der Waals surface area contributed by atoms with Crippen LogP contribution in [0, 0.1) is 0 Å². The van der Waals surface area contributed by atoms with E-state index in [2.05, 4.69) is 130 Å². The van der Waals surface area contributed by atoms with E-state index in [1.54, 1.807) is 0 Å². The van der Waals surface area contributed by atoms with E-state index in [1.807, 2.05) is 48.6 Å². The molecule has 0 aliphatic rings. The molecule has 6 heteroatoms. The first-order chi connectivity index (χ1) is 34.0. The average Bonchev–Trinajstić information content (AvgIpc) is 3.35. The number of hydrogen-bond acceptors (Lipinski definition) is 6. The SMILES string of the molecule is CC/C=C\C/C=C\C/C=C\C/C=C\C/C=C\C/C=C\CCC(=O)OCC(COC(=O)CCCCCCCCC/C=C\C/C=C\CC)OC(=O)CCCCCCC\C=C/C=C\C=C/C=C\C=C/CCC. The minimum absolute atomic E-state index is 0.124. The molecule has 0 rings (SSSR count). The maximum atomic E-state index is 12.8. The van der Waals surface area contributed by atoms with Gasteiger partial charge in [-0.25, -0.2) is 0 Å². The first-order valence-electron chi connectivity index (χ1n) is 27.1. The summed E-state index contributed by atoms with van der Waals surface area (Å²) >= 11 is 0. The van der Waals surface area contributed by atoms with Crippen molar-refractivity contribution in [1.29, 1.82) is 0 Å². The van der Waals surface area contributed by atoms with Crippen molar-refractivity contribution in [2.24, 2.45) is 0 Å². The molecule has 0 fully saturated rings. The van der Waals surface area contributed by atoms with E-state index in [0.717, 1.165) is 122 Å². The summed E-state index contributed by atoms with van der Waals surface area (Å²) in [4.78, 5) is 38.1. The molecule has 0 aromatic rings. The van der Waals surface area contributed by atoms with Gasteiger partial charge >= 0.3 is 17.9 Å². The molecule has 0 saturated heterocycles. The van der Waals surface area contributed by atoms with Gasteiger partial charge in [0.15, 0.2) is 6.10 Å². The van der Waals surface area contributed by atoms with Crippen LogP contribution in [0.4, 0.5) is 0 Å². The van der Waals surface area contributed by atoms with Crippen molar-refractivity contribution in [3.63, 3.8) is 0 Å². The van der Waals surface area contributed by atoms with Gasteiger partial charge in [0.2, 0.25) is 0 Å². The van der Waals surface area contributed by atoms with Crippen LogP contribution in [0.2, 0.25) is 0 Å². The van der Waals surface area contributed by atoms with E-state index in [1.165, 1.54) is 32.1 Å². The summed E-state index contributed by atoms with van der Waals surface area (Å²) in [5, 5.41) is 0. The van der Waals surface area contributed by atoms with E-state index < -0.39 is 6.10 Å². The Kier molecular flexibility index (Phi) is 51.6. The predicted octanol–water partition coefficient (Wildman–Crippen LogP) is 18.2. The number of ether oxygens (including phenoxy) is 3. The Morgan fingerprint density at radius 3 is 1.10 bits per heavy atom. The fourth-order valence-electron chi connectivity index (χ4n) is 6.65. The summed E-state index contributed by atoms with van der Waals surface area (Å²) in [6, 6.07) is 0. The van der Waals surface area contributed by atoms with Gasteiger partial charge in [0, 0.05) is 19.3 Å². The van der Waals surface area contributed by atoms with Crippen LogP contribution in [0.25, 0.3) is 0 Å². The summed E-state index contributed by atoms with van der Waals surface area (Å²) < 4.78 is 16.7. The van der Waals surface area contributed by atoms with Gasteiger partial charge in [-0.2, -0.15) is 0 Å². The Bertz CT molecular complexity index is 1610. The molecule has 6 nitrogen and oxygen atoms in total. The minimum Gasteiger partial charge on any atom is -0.462 e. The minimum atomic E-state index is -0.834. The Hall–Kier alpha value is -4.97. The maximum absolute atomic E-state index is 12.8. The lowest BCUT2D eigenvalue weighted by molar-refractivity contribution is -0.166. The number of rotatable bonds is 46. The standard InChI is InChI=1S/C63H96O6/c1-4-7-10-13-16-19-22-25-28-30-32-34-35-38-41-44-47-50-53-56-62(65)68-59-60(58-67-61(64)55-52-49-46-43-40-37-27-24-21-18-15-12-9-6-3)69-63(66)57-54-51-48-45-42-39-36-33-31-29-26-23-20-17-14-11-8-5-2/h7,9-12,14,16-21,23,25-26,28-29,31-34,36,38,41,47,50,60H,4-6,8,13,15,22,24,27,30,35,37,39-40,42-46,48-49,51-59H2,1-3H3/b10-7-,12-9-,14-11-,19-16-,20-17-,21-18-,26-23-,28-25-,31-29-,34-32-,36-33-,41-38-,50-47-. The molecule has 384 valence electrons. The molecule has 0 saturated carbocycles. The zero-order valence-electron chi connectivity index (χ0n) is 43.8. The summed E-state index contributed by atoms with van der Waals surface area (Å²) in [5.41, 5.74) is 0. The Balaban J connectivity index is 4.61. The van der Waals surface area contributed by atoms with E-state index in [-0.39, 0.29) is 44.0 Å². The number of allylic oxidation sites excluding steroid dienone is 26. The van der Waals surface area contributed by atoms with Crippen molar-refractivity contribution in [1.82, 2.24) is 0 Å². The number of carbonyl (C=O) groups is 3. The predicted molar refractivity (Wildman–Crippen MR) is 297 cm³/mol. The molecule has 0 N–H and O–H groups in total. The molecule has 0 aromatic heterocycles. The lowest BCUT2D eigenvalue weighted by atomic mass is 10.1. The normalized spacial score (nSPS) is 13.4. The first-order valence-corrected chi connectivity index (χ1v) is 27.1. The van der Waals surface area contributed by atoms with Crippen molar-refractivity contribution in [2.75, 3.05) is 13.2 Å². The highest BCUT2D eigenvalue weighted by atomic mass is 16.6. The van der Waals surface area contributed by atoms with Gasteiger partial charge in [0.05, 0.1) is 0 Å². The van der Waals surface area contributed by atoms with Crippen LogP contribution in [0.3, 0.4) is 0 Å². The molecule has 0 aliphatic heterocycles.